The highest BCUT2D eigenvalue weighted by Crippen LogP contribution is 2.22. The summed E-state index contributed by atoms with van der Waals surface area (Å²) in [4.78, 5) is 13.3. The van der Waals surface area contributed by atoms with Crippen molar-refractivity contribution in [3.05, 3.63) is 101 Å². The highest BCUT2D eigenvalue weighted by atomic mass is 32.2. The van der Waals surface area contributed by atoms with Crippen LogP contribution in [0.5, 0.6) is 0 Å². The first-order valence-electron chi connectivity index (χ1n) is 8.07. The van der Waals surface area contributed by atoms with Crippen molar-refractivity contribution in [3.63, 3.8) is 0 Å². The Morgan fingerprint density at radius 1 is 0.962 bits per heavy atom. The SMILES string of the molecule is O=C(N/N=C\c1ccccc1F)c1ccc(CSc2ccccc2)cc1. The Balaban J connectivity index is 1.54. The quantitative estimate of drug-likeness (QED) is 0.385. The molecule has 26 heavy (non-hydrogen) atoms. The van der Waals surface area contributed by atoms with Crippen LogP contribution in [0.25, 0.3) is 0 Å². The van der Waals surface area contributed by atoms with Gasteiger partial charge in [0.15, 0.2) is 0 Å². The largest absolute Gasteiger partial charge is 0.271 e. The average molecular weight is 364 g/mol. The summed E-state index contributed by atoms with van der Waals surface area (Å²) in [7, 11) is 0. The van der Waals surface area contributed by atoms with Crippen LogP contribution in [0.4, 0.5) is 4.39 Å². The lowest BCUT2D eigenvalue weighted by Crippen LogP contribution is -2.17. The fourth-order valence-electron chi connectivity index (χ4n) is 2.24. The molecule has 3 nitrogen and oxygen atoms in total. The van der Waals surface area contributed by atoms with Crippen molar-refractivity contribution in [1.82, 2.24) is 5.43 Å². The molecular formula is C21H17FN2OS. The number of carbonyl (C=O) groups is 1. The maximum Gasteiger partial charge on any atom is 0.271 e. The van der Waals surface area contributed by atoms with Crippen molar-refractivity contribution >= 4 is 23.9 Å². The van der Waals surface area contributed by atoms with Crippen molar-refractivity contribution in [1.29, 1.82) is 0 Å². The molecule has 0 bridgehead atoms. The molecule has 1 N–H and O–H groups in total. The Kier molecular flexibility index (Phi) is 6.17. The fourth-order valence-corrected chi connectivity index (χ4v) is 3.12. The Labute approximate surface area is 156 Å². The summed E-state index contributed by atoms with van der Waals surface area (Å²) in [5.41, 5.74) is 4.36. The zero-order valence-electron chi connectivity index (χ0n) is 13.9. The van der Waals surface area contributed by atoms with E-state index in [4.69, 9.17) is 0 Å². The molecule has 130 valence electrons. The minimum absolute atomic E-state index is 0.320. The summed E-state index contributed by atoms with van der Waals surface area (Å²) in [6, 6.07) is 23.8. The van der Waals surface area contributed by atoms with Gasteiger partial charge in [-0.05, 0) is 35.9 Å². The smallest absolute Gasteiger partial charge is 0.267 e. The highest BCUT2D eigenvalue weighted by Gasteiger charge is 2.05. The van der Waals surface area contributed by atoms with Crippen molar-refractivity contribution in [2.75, 3.05) is 0 Å². The number of carbonyl (C=O) groups excluding carboxylic acids is 1. The van der Waals surface area contributed by atoms with Crippen molar-refractivity contribution < 1.29 is 9.18 Å². The van der Waals surface area contributed by atoms with Gasteiger partial charge in [-0.3, -0.25) is 4.79 Å². The van der Waals surface area contributed by atoms with E-state index in [0.29, 0.717) is 11.1 Å². The van der Waals surface area contributed by atoms with E-state index in [2.05, 4.69) is 22.7 Å². The Hall–Kier alpha value is -2.92. The van der Waals surface area contributed by atoms with E-state index in [1.54, 1.807) is 42.1 Å². The molecule has 3 aromatic rings. The van der Waals surface area contributed by atoms with Crippen molar-refractivity contribution in [3.8, 4) is 0 Å². The first-order chi connectivity index (χ1) is 12.7. The lowest BCUT2D eigenvalue weighted by molar-refractivity contribution is 0.0955. The molecule has 3 rings (SSSR count). The lowest BCUT2D eigenvalue weighted by atomic mass is 10.1. The summed E-state index contributed by atoms with van der Waals surface area (Å²) in [6.45, 7) is 0. The maximum atomic E-state index is 13.5. The van der Waals surface area contributed by atoms with Gasteiger partial charge in [0.2, 0.25) is 0 Å². The van der Waals surface area contributed by atoms with Gasteiger partial charge in [0.05, 0.1) is 6.21 Å². The summed E-state index contributed by atoms with van der Waals surface area (Å²) in [6.07, 6.45) is 1.29. The van der Waals surface area contributed by atoms with Gasteiger partial charge < -0.3 is 0 Å². The molecule has 0 saturated carbocycles. The number of nitrogens with zero attached hydrogens (tertiary/aromatic N) is 1. The number of benzene rings is 3. The normalized spacial score (nSPS) is 10.8. The van der Waals surface area contributed by atoms with Gasteiger partial charge in [0.1, 0.15) is 5.82 Å². The number of amides is 1. The molecule has 0 fully saturated rings. The average Bonchev–Trinajstić information content (AvgIpc) is 2.69. The summed E-state index contributed by atoms with van der Waals surface area (Å²) >= 11 is 1.74. The molecule has 3 aromatic carbocycles. The third-order valence-electron chi connectivity index (χ3n) is 3.64. The first kappa shape index (κ1) is 17.9. The van der Waals surface area contributed by atoms with Crippen molar-refractivity contribution in [2.24, 2.45) is 5.10 Å². The second kappa shape index (κ2) is 8.97. The molecule has 0 spiro atoms. The zero-order chi connectivity index (χ0) is 18.2. The molecule has 0 atom stereocenters. The predicted molar refractivity (Wildman–Crippen MR) is 104 cm³/mol. The van der Waals surface area contributed by atoms with Gasteiger partial charge >= 0.3 is 0 Å². The summed E-state index contributed by atoms with van der Waals surface area (Å²) < 4.78 is 13.5. The number of hydrazone groups is 1. The van der Waals surface area contributed by atoms with Gasteiger partial charge in [-0.1, -0.05) is 48.5 Å². The van der Waals surface area contributed by atoms with Crippen LogP contribution in [0.2, 0.25) is 0 Å². The van der Waals surface area contributed by atoms with Crippen LogP contribution in [0.1, 0.15) is 21.5 Å². The molecule has 0 aliphatic carbocycles. The number of rotatable bonds is 6. The molecule has 0 saturated heterocycles. The van der Waals surface area contributed by atoms with Crippen LogP contribution < -0.4 is 5.43 Å². The summed E-state index contributed by atoms with van der Waals surface area (Å²) in [5.74, 6) is 0.114. The van der Waals surface area contributed by atoms with Crippen LogP contribution >= 0.6 is 11.8 Å². The molecule has 0 heterocycles. The van der Waals surface area contributed by atoms with Gasteiger partial charge in [0, 0.05) is 21.8 Å². The molecule has 0 aliphatic rings. The Morgan fingerprint density at radius 3 is 2.38 bits per heavy atom. The van der Waals surface area contributed by atoms with Gasteiger partial charge in [0.25, 0.3) is 5.91 Å². The molecule has 0 aromatic heterocycles. The Bertz CT molecular complexity index is 895. The number of nitrogens with one attached hydrogen (secondary N) is 1. The maximum absolute atomic E-state index is 13.5. The van der Waals surface area contributed by atoms with E-state index in [1.165, 1.54) is 17.2 Å². The lowest BCUT2D eigenvalue weighted by Gasteiger charge is -2.04. The van der Waals surface area contributed by atoms with Gasteiger partial charge in [-0.2, -0.15) is 5.10 Å². The third kappa shape index (κ3) is 5.04. The standard InChI is InChI=1S/C21H17FN2OS/c22-20-9-5-4-6-18(20)14-23-24-21(25)17-12-10-16(11-13-17)15-26-19-7-2-1-3-8-19/h1-14H,15H2,(H,24,25)/b23-14-. The molecule has 0 unspecified atom stereocenters. The van der Waals surface area contributed by atoms with Crippen LogP contribution in [0, 0.1) is 5.82 Å². The van der Waals surface area contributed by atoms with Gasteiger partial charge in [-0.15, -0.1) is 11.8 Å². The first-order valence-corrected chi connectivity index (χ1v) is 9.05. The Morgan fingerprint density at radius 2 is 1.65 bits per heavy atom. The molecule has 0 aliphatic heterocycles. The second-order valence-electron chi connectivity index (χ2n) is 5.52. The van der Waals surface area contributed by atoms with Gasteiger partial charge in [-0.25, -0.2) is 9.82 Å². The number of hydrogen-bond donors (Lipinski definition) is 1. The van der Waals surface area contributed by atoms with E-state index in [1.807, 2.05) is 30.3 Å². The predicted octanol–water partition coefficient (Wildman–Crippen LogP) is 4.88. The van der Waals surface area contributed by atoms with Crippen LogP contribution in [0.15, 0.2) is 88.9 Å². The van der Waals surface area contributed by atoms with Crippen LogP contribution in [-0.2, 0) is 5.75 Å². The highest BCUT2D eigenvalue weighted by molar-refractivity contribution is 7.98. The number of thioether (sulfide) groups is 1. The molecule has 1 amide bonds. The van der Waals surface area contributed by atoms with E-state index in [9.17, 15) is 9.18 Å². The number of halogens is 1. The van der Waals surface area contributed by atoms with E-state index < -0.39 is 0 Å². The van der Waals surface area contributed by atoms with Crippen molar-refractivity contribution in [2.45, 2.75) is 10.6 Å². The van der Waals surface area contributed by atoms with E-state index in [-0.39, 0.29) is 11.7 Å². The topological polar surface area (TPSA) is 41.5 Å². The minimum Gasteiger partial charge on any atom is -0.267 e. The second-order valence-corrected chi connectivity index (χ2v) is 6.57. The zero-order valence-corrected chi connectivity index (χ0v) is 14.7. The van der Waals surface area contributed by atoms with Crippen LogP contribution in [0.3, 0.4) is 0 Å². The fraction of sp³-hybridized carbons (Fsp3) is 0.0476. The molecule has 5 heteroatoms. The van der Waals surface area contributed by atoms with E-state index in [0.717, 1.165) is 11.3 Å². The third-order valence-corrected chi connectivity index (χ3v) is 4.72. The van der Waals surface area contributed by atoms with Crippen LogP contribution in [-0.4, -0.2) is 12.1 Å². The summed E-state index contributed by atoms with van der Waals surface area (Å²) in [5, 5.41) is 3.81. The molecule has 0 radical (unpaired) electrons. The molecular weight excluding hydrogens is 347 g/mol. The minimum atomic E-state index is -0.384. The number of hydrogen-bond acceptors (Lipinski definition) is 3. The van der Waals surface area contributed by atoms with E-state index >= 15 is 0 Å². The monoisotopic (exact) mass is 364 g/mol.